The molecule has 0 atom stereocenters. The van der Waals surface area contributed by atoms with Crippen LogP contribution in [-0.4, -0.2) is 48.4 Å². The van der Waals surface area contributed by atoms with Crippen molar-refractivity contribution in [2.75, 3.05) is 25.1 Å². The Balaban J connectivity index is 3.05. The van der Waals surface area contributed by atoms with Gasteiger partial charge in [-0.1, -0.05) is 0 Å². The van der Waals surface area contributed by atoms with Crippen LogP contribution in [0.15, 0.2) is 18.2 Å². The maximum Gasteiger partial charge on any atom is 0.326 e. The van der Waals surface area contributed by atoms with E-state index in [0.717, 1.165) is 0 Å². The van der Waals surface area contributed by atoms with Crippen LogP contribution in [0.2, 0.25) is 0 Å². The largest absolute Gasteiger partial charge is 0.506 e. The summed E-state index contributed by atoms with van der Waals surface area (Å²) in [5, 5.41) is 10.3. The summed E-state index contributed by atoms with van der Waals surface area (Å²) < 4.78 is 15.7. The Morgan fingerprint density at radius 3 is 1.77 bits per heavy atom. The van der Waals surface area contributed by atoms with Crippen LogP contribution in [0.1, 0.15) is 41.5 Å². The molecule has 0 aromatic heterocycles. The highest BCUT2D eigenvalue weighted by atomic mass is 16.6. The van der Waals surface area contributed by atoms with Crippen molar-refractivity contribution < 1.29 is 28.9 Å². The minimum Gasteiger partial charge on any atom is -0.506 e. The second-order valence-corrected chi connectivity index (χ2v) is 7.88. The van der Waals surface area contributed by atoms with Crippen LogP contribution in [-0.2, 0) is 19.1 Å². The number of benzene rings is 1. The van der Waals surface area contributed by atoms with Crippen molar-refractivity contribution in [1.29, 1.82) is 0 Å². The number of nitrogens with zero attached hydrogens (tertiary/aromatic N) is 1. The zero-order valence-electron chi connectivity index (χ0n) is 16.6. The van der Waals surface area contributed by atoms with E-state index in [1.54, 1.807) is 53.7 Å². The van der Waals surface area contributed by atoms with Gasteiger partial charge in [-0.15, -0.1) is 0 Å². The summed E-state index contributed by atoms with van der Waals surface area (Å²) in [7, 11) is 1.48. The van der Waals surface area contributed by atoms with E-state index < -0.39 is 23.1 Å². The van der Waals surface area contributed by atoms with Crippen molar-refractivity contribution in [3.63, 3.8) is 0 Å². The summed E-state index contributed by atoms with van der Waals surface area (Å²) in [4.78, 5) is 25.9. The lowest BCUT2D eigenvalue weighted by molar-refractivity contribution is -0.154. The SMILES string of the molecule is COc1ccc(N(CC(=O)OC(C)(C)C)CC(=O)OC(C)(C)C)c(O)c1. The molecule has 1 aromatic carbocycles. The number of methoxy groups -OCH3 is 1. The van der Waals surface area contributed by atoms with Crippen LogP contribution in [0.25, 0.3) is 0 Å². The van der Waals surface area contributed by atoms with E-state index in [1.165, 1.54) is 18.1 Å². The highest BCUT2D eigenvalue weighted by Crippen LogP contribution is 2.31. The lowest BCUT2D eigenvalue weighted by Gasteiger charge is -2.28. The Morgan fingerprint density at radius 1 is 0.962 bits per heavy atom. The fourth-order valence-electron chi connectivity index (χ4n) is 2.18. The molecule has 0 unspecified atom stereocenters. The molecule has 0 radical (unpaired) electrons. The first-order valence-electron chi connectivity index (χ1n) is 8.36. The number of hydrogen-bond donors (Lipinski definition) is 1. The van der Waals surface area contributed by atoms with Gasteiger partial charge in [0, 0.05) is 6.07 Å². The Morgan fingerprint density at radius 2 is 1.42 bits per heavy atom. The molecule has 0 aliphatic carbocycles. The van der Waals surface area contributed by atoms with E-state index in [-0.39, 0.29) is 18.8 Å². The smallest absolute Gasteiger partial charge is 0.326 e. The molecule has 26 heavy (non-hydrogen) atoms. The highest BCUT2D eigenvalue weighted by molar-refractivity contribution is 5.83. The maximum absolute atomic E-state index is 12.2. The van der Waals surface area contributed by atoms with Crippen LogP contribution in [0.4, 0.5) is 5.69 Å². The number of aromatic hydroxyl groups is 1. The van der Waals surface area contributed by atoms with E-state index >= 15 is 0 Å². The van der Waals surface area contributed by atoms with Crippen LogP contribution >= 0.6 is 0 Å². The van der Waals surface area contributed by atoms with E-state index in [1.807, 2.05) is 0 Å². The topological polar surface area (TPSA) is 85.3 Å². The zero-order valence-corrected chi connectivity index (χ0v) is 16.6. The van der Waals surface area contributed by atoms with E-state index in [2.05, 4.69) is 0 Å². The molecule has 0 aliphatic heterocycles. The number of phenolic OH excluding ortho intramolecular Hbond substituents is 1. The van der Waals surface area contributed by atoms with Gasteiger partial charge in [0.05, 0.1) is 12.8 Å². The summed E-state index contributed by atoms with van der Waals surface area (Å²) in [6, 6.07) is 4.61. The molecule has 1 aromatic rings. The van der Waals surface area contributed by atoms with E-state index in [4.69, 9.17) is 14.2 Å². The van der Waals surface area contributed by atoms with Gasteiger partial charge >= 0.3 is 11.9 Å². The normalized spacial score (nSPS) is 11.7. The third-order valence-electron chi connectivity index (χ3n) is 3.00. The number of ether oxygens (including phenoxy) is 3. The molecule has 0 saturated carbocycles. The van der Waals surface area contributed by atoms with E-state index in [9.17, 15) is 14.7 Å². The standard InChI is InChI=1S/C19H29NO6/c1-18(2,3)25-16(22)11-20(12-17(23)26-19(4,5)6)14-9-8-13(24-7)10-15(14)21/h8-10,21H,11-12H2,1-7H3. The van der Waals surface area contributed by atoms with Gasteiger partial charge in [0.2, 0.25) is 0 Å². The number of anilines is 1. The van der Waals surface area contributed by atoms with Crippen molar-refractivity contribution in [3.05, 3.63) is 18.2 Å². The first-order valence-corrected chi connectivity index (χ1v) is 8.36. The molecule has 146 valence electrons. The molecule has 1 rings (SSSR count). The number of esters is 2. The summed E-state index contributed by atoms with van der Waals surface area (Å²) >= 11 is 0. The van der Waals surface area contributed by atoms with Crippen molar-refractivity contribution in [3.8, 4) is 11.5 Å². The number of rotatable bonds is 6. The van der Waals surface area contributed by atoms with E-state index in [0.29, 0.717) is 11.4 Å². The molecule has 0 amide bonds. The molecular formula is C19H29NO6. The molecule has 0 aliphatic rings. The molecule has 7 heteroatoms. The second kappa shape index (κ2) is 8.29. The van der Waals surface area contributed by atoms with Gasteiger partial charge in [0.15, 0.2) is 0 Å². The highest BCUT2D eigenvalue weighted by Gasteiger charge is 2.25. The van der Waals surface area contributed by atoms with Crippen molar-refractivity contribution >= 4 is 17.6 Å². The molecule has 0 spiro atoms. The summed E-state index contributed by atoms with van der Waals surface area (Å²) in [6.07, 6.45) is 0. The number of carbonyl (C=O) groups is 2. The minimum atomic E-state index is -0.656. The van der Waals surface area contributed by atoms with Crippen molar-refractivity contribution in [2.45, 2.75) is 52.7 Å². The molecule has 0 bridgehead atoms. The van der Waals surface area contributed by atoms with Gasteiger partial charge in [-0.25, -0.2) is 0 Å². The molecule has 0 fully saturated rings. The average molecular weight is 367 g/mol. The molecule has 0 saturated heterocycles. The number of hydrogen-bond acceptors (Lipinski definition) is 7. The van der Waals surface area contributed by atoms with Gasteiger partial charge in [0.1, 0.15) is 35.8 Å². The van der Waals surface area contributed by atoms with Gasteiger partial charge in [-0.05, 0) is 53.7 Å². The Hall–Kier alpha value is -2.44. The van der Waals surface area contributed by atoms with Crippen LogP contribution in [0, 0.1) is 0 Å². The van der Waals surface area contributed by atoms with Crippen molar-refractivity contribution in [2.24, 2.45) is 0 Å². The van der Waals surface area contributed by atoms with Crippen LogP contribution < -0.4 is 9.64 Å². The molecule has 1 N–H and O–H groups in total. The number of carbonyl (C=O) groups excluding carboxylic acids is 2. The Labute approximate surface area is 154 Å². The monoisotopic (exact) mass is 367 g/mol. The van der Waals surface area contributed by atoms with Gasteiger partial charge in [-0.2, -0.15) is 0 Å². The Bertz CT molecular complexity index is 612. The fourth-order valence-corrected chi connectivity index (χ4v) is 2.18. The second-order valence-electron chi connectivity index (χ2n) is 7.88. The maximum atomic E-state index is 12.2. The first-order chi connectivity index (χ1) is 11.8. The Kier molecular flexibility index (Phi) is 6.89. The predicted octanol–water partition coefficient (Wildman–Crippen LogP) is 2.89. The van der Waals surface area contributed by atoms with Gasteiger partial charge in [-0.3, -0.25) is 9.59 Å². The lowest BCUT2D eigenvalue weighted by Crippen LogP contribution is -2.40. The molecule has 7 nitrogen and oxygen atoms in total. The van der Waals surface area contributed by atoms with Crippen LogP contribution in [0.5, 0.6) is 11.5 Å². The lowest BCUT2D eigenvalue weighted by atomic mass is 10.2. The summed E-state index contributed by atoms with van der Waals surface area (Å²) in [5.74, 6) is -0.690. The third-order valence-corrected chi connectivity index (χ3v) is 3.00. The number of phenols is 1. The summed E-state index contributed by atoms with van der Waals surface area (Å²) in [5.41, 5.74) is -1.00. The van der Waals surface area contributed by atoms with Gasteiger partial charge < -0.3 is 24.2 Å². The molecule has 0 heterocycles. The van der Waals surface area contributed by atoms with Gasteiger partial charge in [0.25, 0.3) is 0 Å². The predicted molar refractivity (Wildman–Crippen MR) is 98.6 cm³/mol. The van der Waals surface area contributed by atoms with Crippen LogP contribution in [0.3, 0.4) is 0 Å². The zero-order chi connectivity index (χ0) is 20.1. The average Bonchev–Trinajstić information content (AvgIpc) is 2.42. The molecular weight excluding hydrogens is 338 g/mol. The summed E-state index contributed by atoms with van der Waals surface area (Å²) in [6.45, 7) is 10.1. The van der Waals surface area contributed by atoms with Crippen molar-refractivity contribution in [1.82, 2.24) is 0 Å². The third kappa shape index (κ3) is 7.63. The fraction of sp³-hybridized carbons (Fsp3) is 0.579. The minimum absolute atomic E-state index is 0.114. The first kappa shape index (κ1) is 21.6. The quantitative estimate of drug-likeness (QED) is 0.774.